The number of aliphatic carboxylic acids is 1. The summed E-state index contributed by atoms with van der Waals surface area (Å²) in [6.07, 6.45) is 0.311. The summed E-state index contributed by atoms with van der Waals surface area (Å²) in [5.41, 5.74) is 0.0882. The Morgan fingerprint density at radius 1 is 1.21 bits per heavy atom. The zero-order valence-electron chi connectivity index (χ0n) is 10.8. The van der Waals surface area contributed by atoms with Gasteiger partial charge in [0.25, 0.3) is 5.91 Å². The van der Waals surface area contributed by atoms with Crippen molar-refractivity contribution < 1.29 is 24.9 Å². The van der Waals surface area contributed by atoms with Gasteiger partial charge in [-0.05, 0) is 30.5 Å². The zero-order chi connectivity index (χ0) is 14.6. The summed E-state index contributed by atoms with van der Waals surface area (Å²) in [4.78, 5) is 22.9. The summed E-state index contributed by atoms with van der Waals surface area (Å²) in [6, 6.07) is 2.57. The van der Waals surface area contributed by atoms with Crippen molar-refractivity contribution in [3.05, 3.63) is 23.8 Å². The van der Waals surface area contributed by atoms with Crippen molar-refractivity contribution in [2.75, 3.05) is 0 Å². The van der Waals surface area contributed by atoms with E-state index in [0.29, 0.717) is 6.42 Å². The van der Waals surface area contributed by atoms with Crippen molar-refractivity contribution >= 4 is 11.9 Å². The number of hydrogen-bond donors (Lipinski definition) is 4. The second-order valence-electron chi connectivity index (χ2n) is 4.70. The molecule has 0 radical (unpaired) electrons. The van der Waals surface area contributed by atoms with Crippen LogP contribution in [0.1, 0.15) is 30.6 Å². The standard InChI is InChI=1S/C13H17NO5/c1-7(2)5-9(13(18)19)14-12(17)8-3-4-10(15)11(16)6-8/h3-4,6-7,9,15-16H,5H2,1-2H3,(H,14,17)(H,18,19)/t9-/m0/s1. The minimum atomic E-state index is -1.11. The third kappa shape index (κ3) is 4.17. The van der Waals surface area contributed by atoms with E-state index in [2.05, 4.69) is 5.32 Å². The number of carboxylic acids is 1. The molecule has 6 heteroatoms. The summed E-state index contributed by atoms with van der Waals surface area (Å²) in [7, 11) is 0. The number of nitrogens with one attached hydrogen (secondary N) is 1. The Morgan fingerprint density at radius 3 is 2.32 bits per heavy atom. The average Bonchev–Trinajstić information content (AvgIpc) is 2.31. The van der Waals surface area contributed by atoms with Gasteiger partial charge in [-0.1, -0.05) is 13.8 Å². The van der Waals surface area contributed by atoms with E-state index < -0.39 is 23.7 Å². The molecular weight excluding hydrogens is 250 g/mol. The van der Waals surface area contributed by atoms with E-state index in [9.17, 15) is 14.7 Å². The molecule has 0 bridgehead atoms. The lowest BCUT2D eigenvalue weighted by atomic mass is 10.0. The number of benzene rings is 1. The fourth-order valence-corrected chi connectivity index (χ4v) is 1.60. The molecule has 4 N–H and O–H groups in total. The number of rotatable bonds is 5. The summed E-state index contributed by atoms with van der Waals surface area (Å²) in [6.45, 7) is 3.71. The third-order valence-corrected chi connectivity index (χ3v) is 2.55. The van der Waals surface area contributed by atoms with Crippen molar-refractivity contribution in [2.24, 2.45) is 5.92 Å². The summed E-state index contributed by atoms with van der Waals surface area (Å²) in [5.74, 6) is -2.36. The molecule has 0 aliphatic rings. The van der Waals surface area contributed by atoms with Crippen molar-refractivity contribution in [1.29, 1.82) is 0 Å². The van der Waals surface area contributed by atoms with Gasteiger partial charge >= 0.3 is 5.97 Å². The molecule has 6 nitrogen and oxygen atoms in total. The number of aromatic hydroxyl groups is 2. The van der Waals surface area contributed by atoms with Crippen LogP contribution in [0.25, 0.3) is 0 Å². The summed E-state index contributed by atoms with van der Waals surface area (Å²) in [5, 5.41) is 29.8. The molecule has 0 fully saturated rings. The predicted octanol–water partition coefficient (Wildman–Crippen LogP) is 1.33. The SMILES string of the molecule is CC(C)C[C@H](NC(=O)c1ccc(O)c(O)c1)C(=O)O. The largest absolute Gasteiger partial charge is 0.504 e. The van der Waals surface area contributed by atoms with E-state index in [1.54, 1.807) is 0 Å². The summed E-state index contributed by atoms with van der Waals surface area (Å²) < 4.78 is 0. The molecule has 0 unspecified atom stereocenters. The van der Waals surface area contributed by atoms with Gasteiger partial charge in [0.05, 0.1) is 0 Å². The van der Waals surface area contributed by atoms with Gasteiger partial charge in [-0.15, -0.1) is 0 Å². The molecule has 1 rings (SSSR count). The maximum Gasteiger partial charge on any atom is 0.326 e. The third-order valence-electron chi connectivity index (χ3n) is 2.55. The fourth-order valence-electron chi connectivity index (χ4n) is 1.60. The molecule has 0 saturated heterocycles. The van der Waals surface area contributed by atoms with E-state index in [4.69, 9.17) is 10.2 Å². The lowest BCUT2D eigenvalue weighted by molar-refractivity contribution is -0.139. The molecule has 1 atom stereocenters. The highest BCUT2D eigenvalue weighted by Gasteiger charge is 2.22. The van der Waals surface area contributed by atoms with Crippen LogP contribution < -0.4 is 5.32 Å². The molecule has 0 heterocycles. The van der Waals surface area contributed by atoms with Crippen LogP contribution in [0, 0.1) is 5.92 Å². The molecule has 19 heavy (non-hydrogen) atoms. The minimum absolute atomic E-state index is 0.0882. The van der Waals surface area contributed by atoms with Crippen LogP contribution in [0.2, 0.25) is 0 Å². The highest BCUT2D eigenvalue weighted by atomic mass is 16.4. The van der Waals surface area contributed by atoms with Gasteiger partial charge in [0, 0.05) is 5.56 Å². The lowest BCUT2D eigenvalue weighted by Gasteiger charge is -2.16. The van der Waals surface area contributed by atoms with Gasteiger partial charge in [0.2, 0.25) is 0 Å². The Bertz CT molecular complexity index is 484. The van der Waals surface area contributed by atoms with Crippen molar-refractivity contribution in [3.8, 4) is 11.5 Å². The monoisotopic (exact) mass is 267 g/mol. The van der Waals surface area contributed by atoms with Crippen LogP contribution >= 0.6 is 0 Å². The number of amides is 1. The Balaban J connectivity index is 2.81. The molecule has 0 aromatic heterocycles. The van der Waals surface area contributed by atoms with Gasteiger partial charge < -0.3 is 20.6 Å². The van der Waals surface area contributed by atoms with Gasteiger partial charge in [-0.3, -0.25) is 4.79 Å². The summed E-state index contributed by atoms with van der Waals surface area (Å²) >= 11 is 0. The van der Waals surface area contributed by atoms with E-state index in [-0.39, 0.29) is 17.2 Å². The van der Waals surface area contributed by atoms with E-state index in [1.807, 2.05) is 13.8 Å². The lowest BCUT2D eigenvalue weighted by Crippen LogP contribution is -2.41. The Kier molecular flexibility index (Phi) is 4.74. The molecule has 104 valence electrons. The van der Waals surface area contributed by atoms with Gasteiger partial charge in [-0.2, -0.15) is 0 Å². The second kappa shape index (κ2) is 6.08. The van der Waals surface area contributed by atoms with Crippen LogP contribution in [0.5, 0.6) is 11.5 Å². The highest BCUT2D eigenvalue weighted by Crippen LogP contribution is 2.24. The Morgan fingerprint density at radius 2 is 1.84 bits per heavy atom. The first-order valence-corrected chi connectivity index (χ1v) is 5.87. The van der Waals surface area contributed by atoms with Crippen molar-refractivity contribution in [3.63, 3.8) is 0 Å². The Hall–Kier alpha value is -2.24. The molecule has 1 aromatic carbocycles. The molecule has 1 amide bonds. The van der Waals surface area contributed by atoms with Gasteiger partial charge in [0.1, 0.15) is 6.04 Å². The zero-order valence-corrected chi connectivity index (χ0v) is 10.8. The maximum absolute atomic E-state index is 11.8. The fraction of sp³-hybridized carbons (Fsp3) is 0.385. The number of hydrogen-bond acceptors (Lipinski definition) is 4. The molecule has 0 aliphatic heterocycles. The first-order valence-electron chi connectivity index (χ1n) is 5.87. The number of carbonyl (C=O) groups excluding carboxylic acids is 1. The minimum Gasteiger partial charge on any atom is -0.504 e. The van der Waals surface area contributed by atoms with Crippen LogP contribution in [0.4, 0.5) is 0 Å². The predicted molar refractivity (Wildman–Crippen MR) is 68.1 cm³/mol. The highest BCUT2D eigenvalue weighted by molar-refractivity contribution is 5.97. The van der Waals surface area contributed by atoms with E-state index in [0.717, 1.165) is 6.07 Å². The average molecular weight is 267 g/mol. The first kappa shape index (κ1) is 14.8. The quantitative estimate of drug-likeness (QED) is 0.602. The normalized spacial score (nSPS) is 12.2. The molecular formula is C13H17NO5. The second-order valence-corrected chi connectivity index (χ2v) is 4.70. The number of phenols is 2. The van der Waals surface area contributed by atoms with Gasteiger partial charge in [0.15, 0.2) is 11.5 Å². The Labute approximate surface area is 110 Å². The molecule has 1 aromatic rings. The van der Waals surface area contributed by atoms with Crippen LogP contribution in [-0.2, 0) is 4.79 Å². The van der Waals surface area contributed by atoms with Crippen LogP contribution in [0.3, 0.4) is 0 Å². The molecule has 0 saturated carbocycles. The van der Waals surface area contributed by atoms with E-state index >= 15 is 0 Å². The molecule has 0 spiro atoms. The van der Waals surface area contributed by atoms with Crippen molar-refractivity contribution in [1.82, 2.24) is 5.32 Å². The number of phenolic OH excluding ortho intramolecular Hbond substituents is 2. The number of carboxylic acid groups (broad SMARTS) is 1. The maximum atomic E-state index is 11.8. The van der Waals surface area contributed by atoms with Crippen LogP contribution in [-0.4, -0.2) is 33.2 Å². The topological polar surface area (TPSA) is 107 Å². The smallest absolute Gasteiger partial charge is 0.326 e. The van der Waals surface area contributed by atoms with Crippen molar-refractivity contribution in [2.45, 2.75) is 26.3 Å². The van der Waals surface area contributed by atoms with Crippen LogP contribution in [0.15, 0.2) is 18.2 Å². The van der Waals surface area contributed by atoms with E-state index in [1.165, 1.54) is 12.1 Å². The van der Waals surface area contributed by atoms with Gasteiger partial charge in [-0.25, -0.2) is 4.79 Å². The first-order chi connectivity index (χ1) is 8.81. The number of carbonyl (C=O) groups is 2. The molecule has 0 aliphatic carbocycles.